The summed E-state index contributed by atoms with van der Waals surface area (Å²) in [6.45, 7) is 4.19. The van der Waals surface area contributed by atoms with Crippen LogP contribution in [0.25, 0.3) is 0 Å². The van der Waals surface area contributed by atoms with Crippen molar-refractivity contribution < 1.29 is 9.53 Å². The molecule has 0 unspecified atom stereocenters. The molecule has 2 aliphatic heterocycles. The van der Waals surface area contributed by atoms with E-state index >= 15 is 0 Å². The van der Waals surface area contributed by atoms with E-state index in [0.717, 1.165) is 48.1 Å². The van der Waals surface area contributed by atoms with Crippen molar-refractivity contribution in [1.29, 1.82) is 0 Å². The molecule has 0 aliphatic carbocycles. The Balaban J connectivity index is 1.56. The average Bonchev–Trinajstić information content (AvgIpc) is 3.01. The number of carbonyl (C=O) groups is 1. The predicted octanol–water partition coefficient (Wildman–Crippen LogP) is 1.66. The molecule has 0 saturated carbocycles. The lowest BCUT2D eigenvalue weighted by atomic mass is 10.1. The SMILES string of the molecule is COc1ccccc1N1C[C@H](Nc2nc(C)nc3c2CCNC3)CC1=O. The van der Waals surface area contributed by atoms with Crippen LogP contribution in [0.5, 0.6) is 5.75 Å². The van der Waals surface area contributed by atoms with E-state index in [1.54, 1.807) is 12.0 Å². The van der Waals surface area contributed by atoms with Gasteiger partial charge < -0.3 is 20.3 Å². The lowest BCUT2D eigenvalue weighted by Crippen LogP contribution is -2.30. The van der Waals surface area contributed by atoms with Gasteiger partial charge in [0.1, 0.15) is 17.4 Å². The average molecular weight is 353 g/mol. The number of nitrogens with zero attached hydrogens (tertiary/aromatic N) is 3. The van der Waals surface area contributed by atoms with Crippen LogP contribution in [0, 0.1) is 6.92 Å². The van der Waals surface area contributed by atoms with Gasteiger partial charge in [0.15, 0.2) is 0 Å². The number of nitrogens with one attached hydrogen (secondary N) is 2. The Morgan fingerprint density at radius 2 is 2.15 bits per heavy atom. The van der Waals surface area contributed by atoms with Gasteiger partial charge in [-0.15, -0.1) is 0 Å². The molecule has 1 fully saturated rings. The Labute approximate surface area is 152 Å². The van der Waals surface area contributed by atoms with Gasteiger partial charge in [-0.3, -0.25) is 4.79 Å². The molecule has 3 heterocycles. The molecule has 1 saturated heterocycles. The van der Waals surface area contributed by atoms with Crippen LogP contribution >= 0.6 is 0 Å². The maximum atomic E-state index is 12.6. The molecule has 1 atom stereocenters. The Hall–Kier alpha value is -2.67. The zero-order valence-corrected chi connectivity index (χ0v) is 15.1. The highest BCUT2D eigenvalue weighted by Crippen LogP contribution is 2.32. The Kier molecular flexibility index (Phi) is 4.46. The van der Waals surface area contributed by atoms with Crippen LogP contribution in [0.3, 0.4) is 0 Å². The van der Waals surface area contributed by atoms with Crippen LogP contribution in [-0.2, 0) is 17.8 Å². The van der Waals surface area contributed by atoms with Crippen LogP contribution in [-0.4, -0.2) is 42.1 Å². The Morgan fingerprint density at radius 3 is 3.00 bits per heavy atom. The number of hydrogen-bond acceptors (Lipinski definition) is 6. The van der Waals surface area contributed by atoms with Gasteiger partial charge in [0, 0.05) is 25.1 Å². The maximum absolute atomic E-state index is 12.6. The number of amides is 1. The van der Waals surface area contributed by atoms with Crippen LogP contribution in [0.2, 0.25) is 0 Å². The monoisotopic (exact) mass is 353 g/mol. The standard InChI is InChI=1S/C19H23N5O2/c1-12-21-15-10-20-8-7-14(15)19(22-12)23-13-9-18(25)24(11-13)16-5-3-4-6-17(16)26-2/h3-6,13,20H,7-11H2,1-2H3,(H,21,22,23)/t13-/m1/s1. The van der Waals surface area contributed by atoms with Gasteiger partial charge in [0.05, 0.1) is 24.5 Å². The summed E-state index contributed by atoms with van der Waals surface area (Å²) in [5, 5.41) is 6.84. The summed E-state index contributed by atoms with van der Waals surface area (Å²) >= 11 is 0. The van der Waals surface area contributed by atoms with Gasteiger partial charge in [-0.2, -0.15) is 0 Å². The molecule has 0 spiro atoms. The second-order valence-electron chi connectivity index (χ2n) is 6.69. The van der Waals surface area contributed by atoms with Gasteiger partial charge >= 0.3 is 0 Å². The van der Waals surface area contributed by atoms with Crippen molar-refractivity contribution in [2.45, 2.75) is 32.4 Å². The highest BCUT2D eigenvalue weighted by Gasteiger charge is 2.33. The van der Waals surface area contributed by atoms with Crippen molar-refractivity contribution in [1.82, 2.24) is 15.3 Å². The highest BCUT2D eigenvalue weighted by molar-refractivity contribution is 5.98. The van der Waals surface area contributed by atoms with Crippen molar-refractivity contribution in [2.24, 2.45) is 0 Å². The Morgan fingerprint density at radius 1 is 1.31 bits per heavy atom. The lowest BCUT2D eigenvalue weighted by Gasteiger charge is -2.23. The van der Waals surface area contributed by atoms with Crippen LogP contribution < -0.4 is 20.3 Å². The summed E-state index contributed by atoms with van der Waals surface area (Å²) in [4.78, 5) is 23.5. The number of carbonyl (C=O) groups excluding carboxylic acids is 1. The summed E-state index contributed by atoms with van der Waals surface area (Å²) in [6, 6.07) is 7.63. The molecule has 2 aliphatic rings. The van der Waals surface area contributed by atoms with Gasteiger partial charge in [0.25, 0.3) is 0 Å². The third-order valence-electron chi connectivity index (χ3n) is 4.89. The molecule has 1 aromatic carbocycles. The number of rotatable bonds is 4. The van der Waals surface area contributed by atoms with E-state index < -0.39 is 0 Å². The van der Waals surface area contributed by atoms with Crippen molar-refractivity contribution in [3.8, 4) is 5.75 Å². The molecule has 0 bridgehead atoms. The topological polar surface area (TPSA) is 79.4 Å². The molecule has 7 heteroatoms. The first kappa shape index (κ1) is 16.8. The van der Waals surface area contributed by atoms with E-state index in [1.165, 1.54) is 0 Å². The fourth-order valence-corrected chi connectivity index (χ4v) is 3.69. The molecule has 2 aromatic rings. The first-order valence-corrected chi connectivity index (χ1v) is 8.92. The quantitative estimate of drug-likeness (QED) is 0.870. The third kappa shape index (κ3) is 3.10. The van der Waals surface area contributed by atoms with Crippen molar-refractivity contribution >= 4 is 17.4 Å². The molecule has 4 rings (SSSR count). The van der Waals surface area contributed by atoms with Gasteiger partial charge in [-0.05, 0) is 32.0 Å². The molecule has 0 radical (unpaired) electrons. The number of benzene rings is 1. The summed E-state index contributed by atoms with van der Waals surface area (Å²) < 4.78 is 5.41. The fraction of sp³-hybridized carbons (Fsp3) is 0.421. The van der Waals surface area contributed by atoms with E-state index in [9.17, 15) is 4.79 Å². The largest absolute Gasteiger partial charge is 0.495 e. The first-order chi connectivity index (χ1) is 12.7. The predicted molar refractivity (Wildman–Crippen MR) is 99.6 cm³/mol. The zero-order valence-electron chi connectivity index (χ0n) is 15.1. The van der Waals surface area contributed by atoms with Gasteiger partial charge in [0.2, 0.25) is 5.91 Å². The summed E-state index contributed by atoms with van der Waals surface area (Å²) in [6.07, 6.45) is 1.34. The number of anilines is 2. The zero-order chi connectivity index (χ0) is 18.1. The fourth-order valence-electron chi connectivity index (χ4n) is 3.69. The normalized spacial score (nSPS) is 19.4. The number of fused-ring (bicyclic) bond motifs is 1. The molecule has 136 valence electrons. The smallest absolute Gasteiger partial charge is 0.229 e. The van der Waals surface area contributed by atoms with Crippen LogP contribution in [0.4, 0.5) is 11.5 Å². The molecular weight excluding hydrogens is 330 g/mol. The maximum Gasteiger partial charge on any atom is 0.229 e. The summed E-state index contributed by atoms with van der Waals surface area (Å²) in [5.74, 6) is 2.42. The van der Waals surface area contributed by atoms with Crippen molar-refractivity contribution in [3.05, 3.63) is 41.3 Å². The molecule has 1 amide bonds. The summed E-state index contributed by atoms with van der Waals surface area (Å²) in [7, 11) is 1.62. The van der Waals surface area contributed by atoms with Crippen LogP contribution in [0.15, 0.2) is 24.3 Å². The summed E-state index contributed by atoms with van der Waals surface area (Å²) in [5.41, 5.74) is 3.03. The van der Waals surface area contributed by atoms with Crippen molar-refractivity contribution in [2.75, 3.05) is 30.4 Å². The van der Waals surface area contributed by atoms with E-state index in [2.05, 4.69) is 20.6 Å². The second-order valence-corrected chi connectivity index (χ2v) is 6.69. The van der Waals surface area contributed by atoms with Gasteiger partial charge in [-0.1, -0.05) is 12.1 Å². The molecule has 26 heavy (non-hydrogen) atoms. The molecule has 2 N–H and O–H groups in total. The first-order valence-electron chi connectivity index (χ1n) is 8.92. The number of aromatic nitrogens is 2. The second kappa shape index (κ2) is 6.92. The van der Waals surface area contributed by atoms with Gasteiger partial charge in [-0.25, -0.2) is 9.97 Å². The number of hydrogen-bond donors (Lipinski definition) is 2. The molecule has 1 aromatic heterocycles. The minimum atomic E-state index is 0.0145. The minimum Gasteiger partial charge on any atom is -0.495 e. The highest BCUT2D eigenvalue weighted by atomic mass is 16.5. The molecule has 7 nitrogen and oxygen atoms in total. The number of para-hydroxylation sites is 2. The third-order valence-corrected chi connectivity index (χ3v) is 4.89. The number of aryl methyl sites for hydroxylation is 1. The number of methoxy groups -OCH3 is 1. The number of ether oxygens (including phenoxy) is 1. The van der Waals surface area contributed by atoms with E-state index in [4.69, 9.17) is 4.74 Å². The lowest BCUT2D eigenvalue weighted by molar-refractivity contribution is -0.117. The minimum absolute atomic E-state index is 0.0145. The van der Waals surface area contributed by atoms with E-state index in [0.29, 0.717) is 18.7 Å². The van der Waals surface area contributed by atoms with Crippen molar-refractivity contribution in [3.63, 3.8) is 0 Å². The van der Waals surface area contributed by atoms with E-state index in [1.807, 2.05) is 31.2 Å². The Bertz CT molecular complexity index is 839. The van der Waals surface area contributed by atoms with E-state index in [-0.39, 0.29) is 11.9 Å². The van der Waals surface area contributed by atoms with Crippen LogP contribution in [0.1, 0.15) is 23.5 Å². The molecular formula is C19H23N5O2.